The van der Waals surface area contributed by atoms with Gasteiger partial charge < -0.3 is 9.88 Å². The van der Waals surface area contributed by atoms with Crippen molar-refractivity contribution < 1.29 is 4.79 Å². The normalized spacial score (nSPS) is 12.8. The van der Waals surface area contributed by atoms with Crippen molar-refractivity contribution in [3.8, 4) is 0 Å². The number of nitrogens with one attached hydrogen (secondary N) is 1. The van der Waals surface area contributed by atoms with Gasteiger partial charge in [-0.25, -0.2) is 4.98 Å². The number of hydrogen-bond donors (Lipinski definition) is 1. The minimum absolute atomic E-state index is 0.0457. The minimum atomic E-state index is 0.0457. The molecule has 0 aliphatic rings. The third-order valence-electron chi connectivity index (χ3n) is 3.84. The number of aryl methyl sites for hydroxylation is 1. The average Bonchev–Trinajstić information content (AvgIpc) is 2.82. The quantitative estimate of drug-likeness (QED) is 0.752. The molecule has 2 rings (SSSR count). The summed E-state index contributed by atoms with van der Waals surface area (Å²) < 4.78 is 2.16. The van der Waals surface area contributed by atoms with Crippen LogP contribution in [-0.2, 0) is 11.3 Å². The number of halogens is 1. The molecule has 0 spiro atoms. The highest BCUT2D eigenvalue weighted by Gasteiger charge is 2.15. The van der Waals surface area contributed by atoms with Crippen LogP contribution in [0, 0.1) is 5.92 Å². The Kier molecular flexibility index (Phi) is 6.36. The van der Waals surface area contributed by atoms with Crippen molar-refractivity contribution in [3.63, 3.8) is 0 Å². The fourth-order valence-corrected chi connectivity index (χ4v) is 3.24. The van der Waals surface area contributed by atoms with E-state index in [1.54, 1.807) is 0 Å². The van der Waals surface area contributed by atoms with Crippen LogP contribution < -0.4 is 5.32 Å². The first kappa shape index (κ1) is 18.1. The molecule has 0 saturated carbocycles. The van der Waals surface area contributed by atoms with Crippen molar-refractivity contribution >= 4 is 40.3 Å². The van der Waals surface area contributed by atoms with E-state index >= 15 is 0 Å². The molecule has 1 aromatic carbocycles. The summed E-state index contributed by atoms with van der Waals surface area (Å²) in [6.45, 7) is 9.24. The second-order valence-corrected chi connectivity index (χ2v) is 7.45. The van der Waals surface area contributed by atoms with E-state index in [-0.39, 0.29) is 11.9 Å². The van der Waals surface area contributed by atoms with Crippen LogP contribution in [0.3, 0.4) is 0 Å². The van der Waals surface area contributed by atoms with Gasteiger partial charge in [-0.15, -0.1) is 0 Å². The molecule has 1 N–H and O–H groups in total. The second kappa shape index (κ2) is 8.06. The lowest BCUT2D eigenvalue weighted by atomic mass is 10.1. The molecule has 23 heavy (non-hydrogen) atoms. The third-order valence-corrected chi connectivity index (χ3v) is 5.05. The number of aromatic nitrogens is 2. The van der Waals surface area contributed by atoms with Crippen LogP contribution in [0.1, 0.15) is 34.1 Å². The lowest BCUT2D eigenvalue weighted by molar-refractivity contribution is -0.119. The van der Waals surface area contributed by atoms with Crippen LogP contribution in [0.4, 0.5) is 0 Å². The van der Waals surface area contributed by atoms with Crippen molar-refractivity contribution in [2.75, 3.05) is 5.75 Å². The van der Waals surface area contributed by atoms with Gasteiger partial charge in [-0.1, -0.05) is 44.1 Å². The maximum absolute atomic E-state index is 12.1. The molecule has 0 radical (unpaired) electrons. The van der Waals surface area contributed by atoms with Gasteiger partial charge in [0.15, 0.2) is 5.16 Å². The van der Waals surface area contributed by atoms with Gasteiger partial charge in [0.05, 0.1) is 16.8 Å². The number of carbonyl (C=O) groups is 1. The van der Waals surface area contributed by atoms with Crippen LogP contribution in [0.2, 0.25) is 5.02 Å². The van der Waals surface area contributed by atoms with E-state index < -0.39 is 0 Å². The predicted molar refractivity (Wildman–Crippen MR) is 98.2 cm³/mol. The van der Waals surface area contributed by atoms with Gasteiger partial charge in [0.1, 0.15) is 0 Å². The molecule has 126 valence electrons. The summed E-state index contributed by atoms with van der Waals surface area (Å²) in [5, 5.41) is 4.58. The van der Waals surface area contributed by atoms with E-state index in [0.717, 1.165) is 29.2 Å². The summed E-state index contributed by atoms with van der Waals surface area (Å²) in [6.07, 6.45) is 1.01. The van der Waals surface area contributed by atoms with Crippen molar-refractivity contribution in [2.45, 2.75) is 51.9 Å². The van der Waals surface area contributed by atoms with E-state index in [4.69, 9.17) is 11.6 Å². The molecular weight excluding hydrogens is 330 g/mol. The smallest absolute Gasteiger partial charge is 0.230 e. The summed E-state index contributed by atoms with van der Waals surface area (Å²) in [6, 6.07) is 5.92. The maximum Gasteiger partial charge on any atom is 0.230 e. The number of rotatable bonds is 7. The molecule has 0 aliphatic heterocycles. The summed E-state index contributed by atoms with van der Waals surface area (Å²) in [7, 11) is 0. The Hall–Kier alpha value is -1.20. The zero-order valence-corrected chi connectivity index (χ0v) is 15.7. The molecule has 0 aliphatic carbocycles. The topological polar surface area (TPSA) is 46.9 Å². The van der Waals surface area contributed by atoms with Crippen molar-refractivity contribution in [2.24, 2.45) is 5.92 Å². The monoisotopic (exact) mass is 353 g/mol. The first-order valence-corrected chi connectivity index (χ1v) is 9.36. The highest BCUT2D eigenvalue weighted by molar-refractivity contribution is 7.99. The number of hydrogen-bond acceptors (Lipinski definition) is 3. The van der Waals surface area contributed by atoms with E-state index in [1.165, 1.54) is 11.8 Å². The van der Waals surface area contributed by atoms with E-state index in [0.29, 0.717) is 16.7 Å². The Balaban J connectivity index is 2.13. The number of benzene rings is 1. The molecule has 2 aromatic rings. The minimum Gasteiger partial charge on any atom is -0.353 e. The summed E-state index contributed by atoms with van der Waals surface area (Å²) in [5.41, 5.74) is 1.94. The number of thioether (sulfide) groups is 1. The zero-order valence-electron chi connectivity index (χ0n) is 14.1. The van der Waals surface area contributed by atoms with E-state index in [2.05, 4.69) is 35.6 Å². The molecule has 0 fully saturated rings. The molecule has 1 aromatic heterocycles. The van der Waals surface area contributed by atoms with Crippen LogP contribution in [0.15, 0.2) is 23.4 Å². The van der Waals surface area contributed by atoms with Gasteiger partial charge in [-0.3, -0.25) is 4.79 Å². The number of amides is 1. The molecule has 0 bridgehead atoms. The first-order valence-electron chi connectivity index (χ1n) is 8.00. The number of nitrogens with zero attached hydrogens (tertiary/aromatic N) is 2. The summed E-state index contributed by atoms with van der Waals surface area (Å²) >= 11 is 7.53. The molecule has 4 nitrogen and oxygen atoms in total. The molecule has 6 heteroatoms. The lowest BCUT2D eigenvalue weighted by Gasteiger charge is -2.17. The van der Waals surface area contributed by atoms with Crippen molar-refractivity contribution in [1.82, 2.24) is 14.9 Å². The highest BCUT2D eigenvalue weighted by atomic mass is 35.5. The molecular formula is C17H24ClN3OS. The SMILES string of the molecule is CCCn1c(SCC(=O)NC(C)C(C)C)nc2cc(Cl)ccc21. The Morgan fingerprint density at radius 1 is 1.39 bits per heavy atom. The predicted octanol–water partition coefficient (Wildman–Crippen LogP) is 4.35. The summed E-state index contributed by atoms with van der Waals surface area (Å²) in [5.74, 6) is 0.845. The van der Waals surface area contributed by atoms with Crippen LogP contribution >= 0.6 is 23.4 Å². The largest absolute Gasteiger partial charge is 0.353 e. The number of fused-ring (bicyclic) bond motifs is 1. The molecule has 1 unspecified atom stereocenters. The number of carbonyl (C=O) groups excluding carboxylic acids is 1. The van der Waals surface area contributed by atoms with Gasteiger partial charge in [-0.05, 0) is 37.5 Å². The summed E-state index contributed by atoms with van der Waals surface area (Å²) in [4.78, 5) is 16.7. The number of imidazole rings is 1. The highest BCUT2D eigenvalue weighted by Crippen LogP contribution is 2.26. The van der Waals surface area contributed by atoms with Crippen molar-refractivity contribution in [3.05, 3.63) is 23.2 Å². The van der Waals surface area contributed by atoms with Crippen LogP contribution in [0.5, 0.6) is 0 Å². The Morgan fingerprint density at radius 2 is 2.13 bits per heavy atom. The van der Waals surface area contributed by atoms with Gasteiger partial charge in [0, 0.05) is 17.6 Å². The first-order chi connectivity index (χ1) is 10.9. The van der Waals surface area contributed by atoms with Crippen molar-refractivity contribution in [1.29, 1.82) is 0 Å². The van der Waals surface area contributed by atoms with Crippen LogP contribution in [0.25, 0.3) is 11.0 Å². The third kappa shape index (κ3) is 4.64. The van der Waals surface area contributed by atoms with Gasteiger partial charge >= 0.3 is 0 Å². The maximum atomic E-state index is 12.1. The molecule has 1 amide bonds. The zero-order chi connectivity index (χ0) is 17.0. The van der Waals surface area contributed by atoms with E-state index in [9.17, 15) is 4.79 Å². The van der Waals surface area contributed by atoms with Gasteiger partial charge in [-0.2, -0.15) is 0 Å². The molecule has 0 saturated heterocycles. The lowest BCUT2D eigenvalue weighted by Crippen LogP contribution is -2.37. The fourth-order valence-electron chi connectivity index (χ4n) is 2.22. The van der Waals surface area contributed by atoms with Crippen LogP contribution in [-0.4, -0.2) is 27.3 Å². The Labute approximate surface area is 147 Å². The Morgan fingerprint density at radius 3 is 2.78 bits per heavy atom. The molecule has 1 heterocycles. The fraction of sp³-hybridized carbons (Fsp3) is 0.529. The molecule has 1 atom stereocenters. The van der Waals surface area contributed by atoms with Gasteiger partial charge in [0.2, 0.25) is 5.91 Å². The second-order valence-electron chi connectivity index (χ2n) is 6.07. The van der Waals surface area contributed by atoms with E-state index in [1.807, 2.05) is 25.1 Å². The standard InChI is InChI=1S/C17H24ClN3OS/c1-5-8-21-15-7-6-13(18)9-14(15)20-17(21)23-10-16(22)19-12(4)11(2)3/h6-7,9,11-12H,5,8,10H2,1-4H3,(H,19,22). The van der Waals surface area contributed by atoms with Gasteiger partial charge in [0.25, 0.3) is 0 Å². The Bertz CT molecular complexity index is 684. The average molecular weight is 354 g/mol.